The van der Waals surface area contributed by atoms with Gasteiger partial charge in [-0.15, -0.1) is 7.77 Å². The van der Waals surface area contributed by atoms with Gasteiger partial charge >= 0.3 is 0 Å². The van der Waals surface area contributed by atoms with E-state index < -0.39 is 0 Å². The van der Waals surface area contributed by atoms with Gasteiger partial charge in [-0.05, 0) is 29.7 Å². The number of halogens is 2. The van der Waals surface area contributed by atoms with Gasteiger partial charge in [0.2, 0.25) is 0 Å². The van der Waals surface area contributed by atoms with Crippen molar-refractivity contribution in [3.05, 3.63) is 72.7 Å². The monoisotopic (exact) mass is 502 g/mol. The third-order valence-corrected chi connectivity index (χ3v) is 7.79. The first kappa shape index (κ1) is 22.1. The number of pyridine rings is 1. The van der Waals surface area contributed by atoms with E-state index >= 15 is 0 Å². The number of fused-ring (bicyclic) bond motifs is 2. The minimum atomic E-state index is -0.231. The van der Waals surface area contributed by atoms with E-state index in [1.165, 1.54) is 4.52 Å². The number of hydrogen-bond donors (Lipinski definition) is 0. The maximum Gasteiger partial charge on any atom is 0.278 e. The van der Waals surface area contributed by atoms with E-state index in [0.29, 0.717) is 22.7 Å². The highest BCUT2D eigenvalue weighted by Crippen LogP contribution is 2.54. The first-order chi connectivity index (χ1) is 17.2. The van der Waals surface area contributed by atoms with Crippen LogP contribution in [-0.2, 0) is 0 Å². The van der Waals surface area contributed by atoms with E-state index in [-0.39, 0.29) is 43.0 Å². The minimum Gasteiger partial charge on any atom is -0.256 e. The number of nitriles is 1. The van der Waals surface area contributed by atoms with E-state index in [1.54, 1.807) is 18.5 Å². The molecule has 7 rings (SSSR count). The molecular weight excluding hydrogens is 485 g/mol. The smallest absolute Gasteiger partial charge is 0.256 e. The highest BCUT2D eigenvalue weighted by molar-refractivity contribution is 8.13. The van der Waals surface area contributed by atoms with Crippen molar-refractivity contribution >= 4 is 48.4 Å². The second-order valence-electron chi connectivity index (χ2n) is 8.70. The van der Waals surface area contributed by atoms with Crippen LogP contribution >= 0.6 is 24.7 Å². The summed E-state index contributed by atoms with van der Waals surface area (Å²) in [5.41, 5.74) is 5.48. The molecule has 2 aliphatic heterocycles. The largest absolute Gasteiger partial charge is 0.278 e. The third-order valence-electron chi connectivity index (χ3n) is 6.83. The molecule has 3 aromatic heterocycles. The van der Waals surface area contributed by atoms with Crippen molar-refractivity contribution in [2.24, 2.45) is 0 Å². The molecule has 3 aliphatic rings. The Labute approximate surface area is 210 Å². The molecule has 2 bridgehead atoms. The van der Waals surface area contributed by atoms with Crippen LogP contribution < -0.4 is 3.71 Å². The summed E-state index contributed by atoms with van der Waals surface area (Å²) in [6.07, 6.45) is 7.21. The molecule has 1 saturated heterocycles. The van der Waals surface area contributed by atoms with Gasteiger partial charge in [-0.2, -0.15) is 13.3 Å². The quantitative estimate of drug-likeness (QED) is 0.212. The number of rotatable bonds is 6. The van der Waals surface area contributed by atoms with E-state index in [9.17, 15) is 13.0 Å². The summed E-state index contributed by atoms with van der Waals surface area (Å²) < 4.78 is 29.5. The number of allylic oxidation sites excluding steroid dienone is 2. The lowest BCUT2D eigenvalue weighted by atomic mass is 9.21. The molecule has 6 nitrogen and oxygen atoms in total. The van der Waals surface area contributed by atoms with Gasteiger partial charge in [-0.25, -0.2) is 10.2 Å². The molecule has 0 saturated carbocycles. The van der Waals surface area contributed by atoms with Crippen LogP contribution in [0.25, 0.3) is 33.6 Å². The summed E-state index contributed by atoms with van der Waals surface area (Å²) >= 11 is -0.462. The Bertz CT molecular complexity index is 1470. The number of anilines is 1. The lowest BCUT2D eigenvalue weighted by Gasteiger charge is -2.41. The first-order valence-corrected chi connectivity index (χ1v) is 12.4. The minimum absolute atomic E-state index is 0.0426. The SMILES string of the molecule is N#CB1C2C=C(c3cc(N(SF)SF)n4ncc(-c5ccc(-c6ccccc6)nc5)c4n3)CC1C2. The molecule has 35 heavy (non-hydrogen) atoms. The lowest BCUT2D eigenvalue weighted by molar-refractivity contribution is 0.633. The summed E-state index contributed by atoms with van der Waals surface area (Å²) in [5, 5.41) is 13.8. The van der Waals surface area contributed by atoms with Crippen LogP contribution in [0.4, 0.5) is 13.6 Å². The van der Waals surface area contributed by atoms with Gasteiger partial charge < -0.3 is 0 Å². The van der Waals surface area contributed by atoms with Gasteiger partial charge in [0.05, 0.1) is 17.6 Å². The molecule has 0 N–H and O–H groups in total. The molecule has 1 aromatic carbocycles. The van der Waals surface area contributed by atoms with Crippen molar-refractivity contribution in [1.29, 1.82) is 5.26 Å². The fraction of sp³-hybridized carbons (Fsp3) is 0.167. The summed E-state index contributed by atoms with van der Waals surface area (Å²) in [7, 11) is 0. The molecular formula is C24H17BF2N6S2. The zero-order valence-corrected chi connectivity index (χ0v) is 19.9. The molecule has 172 valence electrons. The Morgan fingerprint density at radius 1 is 1.06 bits per heavy atom. The zero-order valence-electron chi connectivity index (χ0n) is 18.3. The van der Waals surface area contributed by atoms with Crippen LogP contribution in [0.15, 0.2) is 67.0 Å². The second kappa shape index (κ2) is 9.02. The highest BCUT2D eigenvalue weighted by atomic mass is 32.3. The molecule has 4 aromatic rings. The average molecular weight is 502 g/mol. The van der Waals surface area contributed by atoms with Crippen molar-refractivity contribution in [2.45, 2.75) is 24.5 Å². The summed E-state index contributed by atoms with van der Waals surface area (Å²) in [6.45, 7) is 0.0426. The number of hydrogen-bond acceptors (Lipinski definition) is 7. The van der Waals surface area contributed by atoms with Gasteiger partial charge in [0, 0.05) is 34.9 Å². The van der Waals surface area contributed by atoms with Crippen LogP contribution in [-0.4, -0.2) is 26.3 Å². The van der Waals surface area contributed by atoms with Crippen molar-refractivity contribution in [3.8, 4) is 28.4 Å². The summed E-state index contributed by atoms with van der Waals surface area (Å²) in [5.74, 6) is 3.12. The van der Waals surface area contributed by atoms with E-state index in [2.05, 4.69) is 22.1 Å². The van der Waals surface area contributed by atoms with Gasteiger partial charge in [-0.1, -0.05) is 48.9 Å². The average Bonchev–Trinajstić information content (AvgIpc) is 3.34. The predicted octanol–water partition coefficient (Wildman–Crippen LogP) is 6.82. The third kappa shape index (κ3) is 3.77. The Kier molecular flexibility index (Phi) is 5.70. The predicted molar refractivity (Wildman–Crippen MR) is 138 cm³/mol. The molecule has 2 unspecified atom stereocenters. The van der Waals surface area contributed by atoms with Crippen molar-refractivity contribution < 1.29 is 7.77 Å². The molecule has 1 aliphatic carbocycles. The van der Waals surface area contributed by atoms with Crippen molar-refractivity contribution in [2.75, 3.05) is 3.71 Å². The summed E-state index contributed by atoms with van der Waals surface area (Å²) in [6, 6.07) is 15.4. The standard InChI is InChI=1S/C24H17BF2N6S2/c26-34-33(35-27)23-11-22(17-8-18-10-19(9-17)25(18)14-28)31-24-20(13-30-32(23)24)16-6-7-21(29-12-16)15-4-2-1-3-5-15/h1-8,11-13,18-19H,9-10H2. The van der Waals surface area contributed by atoms with Crippen LogP contribution in [0.3, 0.4) is 0 Å². The fourth-order valence-corrected chi connectivity index (χ4v) is 5.52. The number of nitrogens with zero attached hydrogens (tertiary/aromatic N) is 6. The maximum atomic E-state index is 13.6. The topological polar surface area (TPSA) is 70.1 Å². The summed E-state index contributed by atoms with van der Waals surface area (Å²) in [4.78, 5) is 9.47. The highest BCUT2D eigenvalue weighted by Gasteiger charge is 2.47. The molecule has 1 fully saturated rings. The second-order valence-corrected chi connectivity index (χ2v) is 9.93. The van der Waals surface area contributed by atoms with Gasteiger partial charge in [-0.3, -0.25) is 4.98 Å². The van der Waals surface area contributed by atoms with Gasteiger partial charge in [0.25, 0.3) is 6.71 Å². The molecule has 2 atom stereocenters. The fourth-order valence-electron chi connectivity index (χ4n) is 5.04. The normalized spacial score (nSPS) is 18.7. The van der Waals surface area contributed by atoms with Crippen LogP contribution in [0.5, 0.6) is 0 Å². The Balaban J connectivity index is 1.45. The molecule has 0 radical (unpaired) electrons. The number of benzene rings is 1. The van der Waals surface area contributed by atoms with E-state index in [4.69, 9.17) is 4.98 Å². The van der Waals surface area contributed by atoms with Crippen molar-refractivity contribution in [3.63, 3.8) is 0 Å². The van der Waals surface area contributed by atoms with Crippen molar-refractivity contribution in [1.82, 2.24) is 19.6 Å². The van der Waals surface area contributed by atoms with Crippen LogP contribution in [0.1, 0.15) is 18.5 Å². The maximum absolute atomic E-state index is 13.6. The number of aromatic nitrogens is 4. The Morgan fingerprint density at radius 3 is 2.54 bits per heavy atom. The Morgan fingerprint density at radius 2 is 1.89 bits per heavy atom. The first-order valence-electron chi connectivity index (χ1n) is 11.1. The van der Waals surface area contributed by atoms with Crippen LogP contribution in [0.2, 0.25) is 11.6 Å². The van der Waals surface area contributed by atoms with E-state index in [0.717, 1.165) is 38.9 Å². The van der Waals surface area contributed by atoms with Crippen LogP contribution in [0, 0.1) is 11.2 Å². The lowest BCUT2D eigenvalue weighted by Crippen LogP contribution is -2.39. The molecule has 11 heteroatoms. The van der Waals surface area contributed by atoms with Gasteiger partial charge in [0.15, 0.2) is 36.1 Å². The molecule has 0 amide bonds. The molecule has 0 spiro atoms. The Hall–Kier alpha value is -3.36. The van der Waals surface area contributed by atoms with E-state index in [1.807, 2.05) is 42.5 Å². The van der Waals surface area contributed by atoms with Gasteiger partial charge in [0.1, 0.15) is 0 Å². The zero-order chi connectivity index (χ0) is 23.9. The molecule has 5 heterocycles.